The minimum Gasteiger partial charge on any atom is -0.480 e. The van der Waals surface area contributed by atoms with Gasteiger partial charge in [0.25, 0.3) is 0 Å². The van der Waals surface area contributed by atoms with Crippen LogP contribution in [0.25, 0.3) is 0 Å². The molecule has 1 unspecified atom stereocenters. The molecule has 16 heavy (non-hydrogen) atoms. The van der Waals surface area contributed by atoms with Crippen LogP contribution >= 0.6 is 0 Å². The first-order chi connectivity index (χ1) is 7.43. The van der Waals surface area contributed by atoms with Crippen LogP contribution in [0.4, 0.5) is 0 Å². The fourth-order valence-corrected chi connectivity index (χ4v) is 1.22. The summed E-state index contributed by atoms with van der Waals surface area (Å²) in [5.41, 5.74) is -0.258. The lowest BCUT2D eigenvalue weighted by molar-refractivity contribution is -0.143. The Morgan fingerprint density at radius 1 is 1.38 bits per heavy atom. The summed E-state index contributed by atoms with van der Waals surface area (Å²) in [4.78, 5) is 10.8. The van der Waals surface area contributed by atoms with Gasteiger partial charge in [-0.2, -0.15) is 0 Å². The van der Waals surface area contributed by atoms with Crippen molar-refractivity contribution in [2.75, 3.05) is 6.54 Å². The van der Waals surface area contributed by atoms with Crippen molar-refractivity contribution in [3.63, 3.8) is 0 Å². The minimum absolute atomic E-state index is 0.212. The Balaban J connectivity index is 2.54. The van der Waals surface area contributed by atoms with Gasteiger partial charge in [0.15, 0.2) is 0 Å². The number of rotatable bonds is 5. The highest BCUT2D eigenvalue weighted by Gasteiger charge is 2.26. The van der Waals surface area contributed by atoms with Crippen LogP contribution in [0.15, 0.2) is 30.3 Å². The molecule has 4 nitrogen and oxygen atoms in total. The summed E-state index contributed by atoms with van der Waals surface area (Å²) >= 11 is 0. The summed E-state index contributed by atoms with van der Waals surface area (Å²) in [6.07, 6.45) is -0.695. The minimum atomic E-state index is -1.03. The molecule has 1 aromatic rings. The number of aliphatic hydroxyl groups excluding tert-OH is 1. The smallest absolute Gasteiger partial charge is 0.323 e. The van der Waals surface area contributed by atoms with Gasteiger partial charge in [-0.15, -0.1) is 0 Å². The van der Waals surface area contributed by atoms with Crippen LogP contribution in [0.5, 0.6) is 0 Å². The predicted octanol–water partition coefficient (Wildman–Crippen LogP) is 1.17. The van der Waals surface area contributed by atoms with Crippen LogP contribution in [-0.4, -0.2) is 28.3 Å². The number of benzene rings is 1. The maximum atomic E-state index is 10.8. The summed E-state index contributed by atoms with van der Waals surface area (Å²) in [5, 5.41) is 21.5. The summed E-state index contributed by atoms with van der Waals surface area (Å²) < 4.78 is 0. The molecule has 1 atom stereocenters. The van der Waals surface area contributed by atoms with Crippen LogP contribution in [0.3, 0.4) is 0 Å². The average Bonchev–Trinajstić information content (AvgIpc) is 2.27. The lowest BCUT2D eigenvalue weighted by Crippen LogP contribution is -2.48. The van der Waals surface area contributed by atoms with Gasteiger partial charge in [0.2, 0.25) is 0 Å². The van der Waals surface area contributed by atoms with Gasteiger partial charge in [-0.3, -0.25) is 10.1 Å². The first-order valence-corrected chi connectivity index (χ1v) is 5.15. The number of nitrogens with one attached hydrogen (secondary N) is 1. The van der Waals surface area contributed by atoms with Crippen molar-refractivity contribution in [3.05, 3.63) is 35.9 Å². The molecule has 0 fully saturated rings. The standard InChI is InChI=1S/C12H17NO3/c1-12(2,11(15)16)13-8-10(14)9-6-4-3-5-7-9/h3-7,10,13-14H,8H2,1-2H3,(H,15,16). The molecule has 0 heterocycles. The fraction of sp³-hybridized carbons (Fsp3) is 0.417. The molecular formula is C12H17NO3. The van der Waals surface area contributed by atoms with Crippen LogP contribution in [0, 0.1) is 0 Å². The van der Waals surface area contributed by atoms with Gasteiger partial charge in [-0.05, 0) is 19.4 Å². The van der Waals surface area contributed by atoms with Crippen LogP contribution < -0.4 is 5.32 Å². The number of hydrogen-bond donors (Lipinski definition) is 3. The maximum Gasteiger partial charge on any atom is 0.323 e. The van der Waals surface area contributed by atoms with Gasteiger partial charge >= 0.3 is 5.97 Å². The molecule has 4 heteroatoms. The van der Waals surface area contributed by atoms with Crippen LogP contribution in [0.1, 0.15) is 25.5 Å². The number of carboxylic acid groups (broad SMARTS) is 1. The third kappa shape index (κ3) is 3.32. The molecule has 1 rings (SSSR count). The Hall–Kier alpha value is -1.39. The van der Waals surface area contributed by atoms with E-state index in [9.17, 15) is 9.90 Å². The summed E-state index contributed by atoms with van der Waals surface area (Å²) in [7, 11) is 0. The molecule has 0 aromatic heterocycles. The quantitative estimate of drug-likeness (QED) is 0.701. The first kappa shape index (κ1) is 12.7. The Labute approximate surface area is 94.9 Å². The largest absolute Gasteiger partial charge is 0.480 e. The molecule has 0 saturated carbocycles. The van der Waals surface area contributed by atoms with E-state index >= 15 is 0 Å². The molecule has 0 spiro atoms. The third-order valence-corrected chi connectivity index (χ3v) is 2.46. The van der Waals surface area contributed by atoms with Gasteiger partial charge in [0.1, 0.15) is 5.54 Å². The monoisotopic (exact) mass is 223 g/mol. The molecule has 0 aliphatic carbocycles. The first-order valence-electron chi connectivity index (χ1n) is 5.15. The van der Waals surface area contributed by atoms with Crippen molar-refractivity contribution in [1.29, 1.82) is 0 Å². The Morgan fingerprint density at radius 3 is 2.44 bits per heavy atom. The second-order valence-corrected chi connectivity index (χ2v) is 4.24. The average molecular weight is 223 g/mol. The normalized spacial score (nSPS) is 13.4. The summed E-state index contributed by atoms with van der Waals surface area (Å²) in [6.45, 7) is 3.34. The van der Waals surface area contributed by atoms with Gasteiger partial charge in [0.05, 0.1) is 6.10 Å². The third-order valence-electron chi connectivity index (χ3n) is 2.46. The van der Waals surface area contributed by atoms with Crippen molar-refractivity contribution in [2.24, 2.45) is 0 Å². The van der Waals surface area contributed by atoms with E-state index in [0.29, 0.717) is 0 Å². The van der Waals surface area contributed by atoms with E-state index < -0.39 is 17.6 Å². The van der Waals surface area contributed by atoms with E-state index in [0.717, 1.165) is 5.56 Å². The van der Waals surface area contributed by atoms with Crippen molar-refractivity contribution in [2.45, 2.75) is 25.5 Å². The molecule has 88 valence electrons. The zero-order valence-electron chi connectivity index (χ0n) is 9.47. The number of carbonyl (C=O) groups is 1. The van der Waals surface area contributed by atoms with Crippen molar-refractivity contribution >= 4 is 5.97 Å². The van der Waals surface area contributed by atoms with Crippen molar-refractivity contribution in [1.82, 2.24) is 5.32 Å². The van der Waals surface area contributed by atoms with Crippen molar-refractivity contribution in [3.8, 4) is 0 Å². The van der Waals surface area contributed by atoms with E-state index in [1.54, 1.807) is 26.0 Å². The molecule has 3 N–H and O–H groups in total. The number of β-amino-alcohol motifs (C(OH)–C–C–N with tert-alkyl or cyclic N) is 1. The Bertz CT molecular complexity index is 349. The van der Waals surface area contributed by atoms with Gasteiger partial charge in [0, 0.05) is 6.54 Å². The van der Waals surface area contributed by atoms with E-state index in [1.807, 2.05) is 18.2 Å². The molecule has 1 aromatic carbocycles. The molecule has 0 saturated heterocycles. The summed E-state index contributed by atoms with van der Waals surface area (Å²) in [5.74, 6) is -0.937. The molecule has 0 amide bonds. The number of carboxylic acids is 1. The lowest BCUT2D eigenvalue weighted by Gasteiger charge is -2.23. The van der Waals surface area contributed by atoms with Gasteiger partial charge in [-0.25, -0.2) is 0 Å². The number of aliphatic hydroxyl groups is 1. The molecule has 0 aliphatic heterocycles. The zero-order valence-corrected chi connectivity index (χ0v) is 9.47. The molecule has 0 bridgehead atoms. The van der Waals surface area contributed by atoms with E-state index in [-0.39, 0.29) is 6.54 Å². The van der Waals surface area contributed by atoms with E-state index in [2.05, 4.69) is 5.32 Å². The second-order valence-electron chi connectivity index (χ2n) is 4.24. The summed E-state index contributed by atoms with van der Waals surface area (Å²) in [6, 6.07) is 9.15. The maximum absolute atomic E-state index is 10.8. The topological polar surface area (TPSA) is 69.6 Å². The number of hydrogen-bond acceptors (Lipinski definition) is 3. The highest BCUT2D eigenvalue weighted by Crippen LogP contribution is 2.12. The van der Waals surface area contributed by atoms with Gasteiger partial charge in [-0.1, -0.05) is 30.3 Å². The lowest BCUT2D eigenvalue weighted by atomic mass is 10.0. The second kappa shape index (κ2) is 5.09. The molecule has 0 aliphatic rings. The fourth-order valence-electron chi connectivity index (χ4n) is 1.22. The number of aliphatic carboxylic acids is 1. The Kier molecular flexibility index (Phi) is 4.04. The van der Waals surface area contributed by atoms with Crippen LogP contribution in [0.2, 0.25) is 0 Å². The predicted molar refractivity (Wildman–Crippen MR) is 61.1 cm³/mol. The van der Waals surface area contributed by atoms with E-state index in [4.69, 9.17) is 5.11 Å². The molecular weight excluding hydrogens is 206 g/mol. The van der Waals surface area contributed by atoms with Crippen molar-refractivity contribution < 1.29 is 15.0 Å². The highest BCUT2D eigenvalue weighted by atomic mass is 16.4. The SMILES string of the molecule is CC(C)(NCC(O)c1ccccc1)C(=O)O. The van der Waals surface area contributed by atoms with E-state index in [1.165, 1.54) is 0 Å². The van der Waals surface area contributed by atoms with Crippen LogP contribution in [-0.2, 0) is 4.79 Å². The molecule has 0 radical (unpaired) electrons. The highest BCUT2D eigenvalue weighted by molar-refractivity contribution is 5.77. The Morgan fingerprint density at radius 2 is 1.94 bits per heavy atom. The van der Waals surface area contributed by atoms with Gasteiger partial charge < -0.3 is 10.2 Å². The zero-order chi connectivity index (χ0) is 12.2.